The Morgan fingerprint density at radius 3 is 2.24 bits per heavy atom. The van der Waals surface area contributed by atoms with Crippen molar-refractivity contribution in [2.24, 2.45) is 11.7 Å². The van der Waals surface area contributed by atoms with Gasteiger partial charge in [-0.05, 0) is 37.5 Å². The molecule has 1 unspecified atom stereocenters. The van der Waals surface area contributed by atoms with E-state index < -0.39 is 12.1 Å². The molecular weight excluding hydrogens is 322 g/mol. The maximum Gasteiger partial charge on any atom is 0.239 e. The van der Waals surface area contributed by atoms with Gasteiger partial charge in [0.1, 0.15) is 5.75 Å². The molecule has 0 fully saturated rings. The van der Waals surface area contributed by atoms with Crippen LogP contribution >= 0.6 is 0 Å². The molecule has 1 aromatic rings. The molecule has 0 aliphatic carbocycles. The summed E-state index contributed by atoms with van der Waals surface area (Å²) in [7, 11) is 0. The van der Waals surface area contributed by atoms with Gasteiger partial charge in [0.25, 0.3) is 0 Å². The lowest BCUT2D eigenvalue weighted by atomic mass is 10.1. The average Bonchev–Trinajstić information content (AvgIpc) is 2.56. The quantitative estimate of drug-likeness (QED) is 0.524. The third kappa shape index (κ3) is 7.53. The lowest BCUT2D eigenvalue weighted by Gasteiger charge is -2.16. The second-order valence-electron chi connectivity index (χ2n) is 6.54. The van der Waals surface area contributed by atoms with E-state index in [1.54, 1.807) is 24.3 Å². The standard InChI is InChI=1S/C18H29N3O4/c1-11(2)17(19)18(24)21-10-16(23)20-9-15(22)13-5-7-14(8-6-13)25-12(3)4/h5-8,11-12,15,17,22H,9-10,19H2,1-4H3,(H,20,23)(H,21,24)/t15?,17-/m0/s1. The van der Waals surface area contributed by atoms with Gasteiger partial charge in [0.05, 0.1) is 24.8 Å². The van der Waals surface area contributed by atoms with Gasteiger partial charge in [-0.3, -0.25) is 9.59 Å². The minimum atomic E-state index is -0.842. The maximum absolute atomic E-state index is 11.8. The van der Waals surface area contributed by atoms with Crippen molar-refractivity contribution in [3.05, 3.63) is 29.8 Å². The van der Waals surface area contributed by atoms with Crippen LogP contribution in [0.15, 0.2) is 24.3 Å². The number of hydrogen-bond acceptors (Lipinski definition) is 5. The number of rotatable bonds is 9. The second kappa shape index (κ2) is 10.0. The van der Waals surface area contributed by atoms with Crippen LogP contribution in [0.4, 0.5) is 0 Å². The van der Waals surface area contributed by atoms with Crippen LogP contribution in [-0.4, -0.2) is 42.2 Å². The monoisotopic (exact) mass is 351 g/mol. The molecule has 7 nitrogen and oxygen atoms in total. The van der Waals surface area contributed by atoms with E-state index in [2.05, 4.69) is 10.6 Å². The summed E-state index contributed by atoms with van der Waals surface area (Å²) in [4.78, 5) is 23.4. The number of aliphatic hydroxyl groups excluding tert-OH is 1. The van der Waals surface area contributed by atoms with Crippen LogP contribution in [0.1, 0.15) is 39.4 Å². The largest absolute Gasteiger partial charge is 0.491 e. The Labute approximate surface area is 148 Å². The molecule has 2 atom stereocenters. The third-order valence-electron chi connectivity index (χ3n) is 3.57. The minimum Gasteiger partial charge on any atom is -0.491 e. The topological polar surface area (TPSA) is 114 Å². The zero-order valence-electron chi connectivity index (χ0n) is 15.3. The van der Waals surface area contributed by atoms with Gasteiger partial charge in [0.15, 0.2) is 0 Å². The van der Waals surface area contributed by atoms with Crippen LogP contribution in [0, 0.1) is 5.92 Å². The highest BCUT2D eigenvalue weighted by molar-refractivity contribution is 5.87. The van der Waals surface area contributed by atoms with Crippen LogP contribution in [0.25, 0.3) is 0 Å². The second-order valence-corrected chi connectivity index (χ2v) is 6.54. The summed E-state index contributed by atoms with van der Waals surface area (Å²) in [5, 5.41) is 15.2. The molecule has 0 aliphatic rings. The van der Waals surface area contributed by atoms with Crippen LogP contribution in [0.3, 0.4) is 0 Å². The smallest absolute Gasteiger partial charge is 0.239 e. The van der Waals surface area contributed by atoms with E-state index in [4.69, 9.17) is 10.5 Å². The first-order chi connectivity index (χ1) is 11.7. The van der Waals surface area contributed by atoms with Crippen molar-refractivity contribution >= 4 is 11.8 Å². The van der Waals surface area contributed by atoms with Gasteiger partial charge in [-0.15, -0.1) is 0 Å². The average molecular weight is 351 g/mol. The summed E-state index contributed by atoms with van der Waals surface area (Å²) in [6, 6.07) is 6.39. The Balaban J connectivity index is 2.39. The van der Waals surface area contributed by atoms with E-state index in [-0.39, 0.29) is 36.9 Å². The molecule has 0 radical (unpaired) electrons. The van der Waals surface area contributed by atoms with Gasteiger partial charge < -0.3 is 26.2 Å². The normalized spacial score (nSPS) is 13.4. The van der Waals surface area contributed by atoms with E-state index in [1.165, 1.54) is 0 Å². The van der Waals surface area contributed by atoms with Gasteiger partial charge in [-0.25, -0.2) is 0 Å². The molecular formula is C18H29N3O4. The highest BCUT2D eigenvalue weighted by atomic mass is 16.5. The van der Waals surface area contributed by atoms with Crippen molar-refractivity contribution < 1.29 is 19.4 Å². The molecule has 7 heteroatoms. The number of amides is 2. The zero-order valence-corrected chi connectivity index (χ0v) is 15.3. The molecule has 0 spiro atoms. The number of hydrogen-bond donors (Lipinski definition) is 4. The molecule has 0 aromatic heterocycles. The van der Waals surface area contributed by atoms with Gasteiger partial charge in [0, 0.05) is 6.54 Å². The lowest BCUT2D eigenvalue weighted by molar-refractivity contribution is -0.127. The lowest BCUT2D eigenvalue weighted by Crippen LogP contribution is -2.47. The van der Waals surface area contributed by atoms with Crippen molar-refractivity contribution in [3.8, 4) is 5.75 Å². The molecule has 0 heterocycles. The van der Waals surface area contributed by atoms with Crippen molar-refractivity contribution in [3.63, 3.8) is 0 Å². The SMILES string of the molecule is CC(C)Oc1ccc(C(O)CNC(=O)CNC(=O)[C@@H](N)C(C)C)cc1. The first-order valence-electron chi connectivity index (χ1n) is 8.45. The van der Waals surface area contributed by atoms with Crippen LogP contribution < -0.4 is 21.1 Å². The van der Waals surface area contributed by atoms with E-state index in [1.807, 2.05) is 27.7 Å². The Bertz CT molecular complexity index is 558. The fraction of sp³-hybridized carbons (Fsp3) is 0.556. The summed E-state index contributed by atoms with van der Waals surface area (Å²) < 4.78 is 5.54. The number of carbonyl (C=O) groups excluding carboxylic acids is 2. The Morgan fingerprint density at radius 1 is 1.12 bits per heavy atom. The van der Waals surface area contributed by atoms with Crippen molar-refractivity contribution in [1.29, 1.82) is 0 Å². The first-order valence-corrected chi connectivity index (χ1v) is 8.45. The molecule has 25 heavy (non-hydrogen) atoms. The van der Waals surface area contributed by atoms with Gasteiger partial charge in [-0.2, -0.15) is 0 Å². The van der Waals surface area contributed by atoms with Gasteiger partial charge in [0.2, 0.25) is 11.8 Å². The molecule has 0 saturated heterocycles. The summed E-state index contributed by atoms with van der Waals surface area (Å²) in [6.45, 7) is 7.41. The highest BCUT2D eigenvalue weighted by Gasteiger charge is 2.18. The van der Waals surface area contributed by atoms with Crippen molar-refractivity contribution in [2.75, 3.05) is 13.1 Å². The number of nitrogens with two attached hydrogens (primary N) is 1. The zero-order chi connectivity index (χ0) is 19.0. The molecule has 5 N–H and O–H groups in total. The number of benzene rings is 1. The summed E-state index contributed by atoms with van der Waals surface area (Å²) in [5.74, 6) is -0.0405. The maximum atomic E-state index is 11.8. The van der Waals surface area contributed by atoms with E-state index in [0.717, 1.165) is 5.75 Å². The molecule has 1 aromatic carbocycles. The molecule has 1 rings (SSSR count). The van der Waals surface area contributed by atoms with E-state index in [0.29, 0.717) is 5.56 Å². The molecule has 0 saturated carbocycles. The number of nitrogens with one attached hydrogen (secondary N) is 2. The molecule has 0 bridgehead atoms. The fourth-order valence-corrected chi connectivity index (χ4v) is 2.02. The Kier molecular flexibility index (Phi) is 8.37. The third-order valence-corrected chi connectivity index (χ3v) is 3.57. The Morgan fingerprint density at radius 2 is 1.72 bits per heavy atom. The predicted octanol–water partition coefficient (Wildman–Crippen LogP) is 0.723. The van der Waals surface area contributed by atoms with Crippen molar-refractivity contribution in [2.45, 2.75) is 45.9 Å². The van der Waals surface area contributed by atoms with Crippen LogP contribution in [-0.2, 0) is 9.59 Å². The summed E-state index contributed by atoms with van der Waals surface area (Å²) in [6.07, 6.45) is -0.764. The van der Waals surface area contributed by atoms with Crippen molar-refractivity contribution in [1.82, 2.24) is 10.6 Å². The Hall–Kier alpha value is -2.12. The summed E-state index contributed by atoms with van der Waals surface area (Å²) >= 11 is 0. The predicted molar refractivity (Wildman–Crippen MR) is 96.0 cm³/mol. The highest BCUT2D eigenvalue weighted by Crippen LogP contribution is 2.18. The first kappa shape index (κ1) is 20.9. The number of carbonyl (C=O) groups is 2. The van der Waals surface area contributed by atoms with Crippen LogP contribution in [0.2, 0.25) is 0 Å². The minimum absolute atomic E-state index is 0.00692. The molecule has 0 aliphatic heterocycles. The number of aliphatic hydroxyl groups is 1. The molecule has 140 valence electrons. The fourth-order valence-electron chi connectivity index (χ4n) is 2.02. The van der Waals surface area contributed by atoms with Crippen LogP contribution in [0.5, 0.6) is 5.75 Å². The van der Waals surface area contributed by atoms with Gasteiger partial charge in [-0.1, -0.05) is 26.0 Å². The van der Waals surface area contributed by atoms with Gasteiger partial charge >= 0.3 is 0 Å². The van der Waals surface area contributed by atoms with E-state index in [9.17, 15) is 14.7 Å². The molecule has 2 amide bonds. The van der Waals surface area contributed by atoms with E-state index >= 15 is 0 Å². The number of ether oxygens (including phenoxy) is 1. The summed E-state index contributed by atoms with van der Waals surface area (Å²) in [5.41, 5.74) is 6.36.